The van der Waals surface area contributed by atoms with E-state index >= 15 is 0 Å². The van der Waals surface area contributed by atoms with E-state index in [9.17, 15) is 21.9 Å². The minimum atomic E-state index is -4.57. The van der Waals surface area contributed by atoms with E-state index in [0.29, 0.717) is 25.2 Å². The summed E-state index contributed by atoms with van der Waals surface area (Å²) >= 11 is 0. The molecule has 0 spiro atoms. The van der Waals surface area contributed by atoms with Gasteiger partial charge in [0.15, 0.2) is 0 Å². The van der Waals surface area contributed by atoms with Crippen LogP contribution in [0, 0.1) is 0 Å². The number of rotatable bonds is 8. The van der Waals surface area contributed by atoms with E-state index in [4.69, 9.17) is 16.6 Å². The van der Waals surface area contributed by atoms with Gasteiger partial charge in [-0.05, 0) is 23.8 Å². The first-order valence-electron chi connectivity index (χ1n) is 8.86. The lowest BCUT2D eigenvalue weighted by atomic mass is 10.1. The van der Waals surface area contributed by atoms with Crippen molar-refractivity contribution < 1.29 is 21.9 Å². The molecule has 0 bridgehead atoms. The number of hydrogen-bond acceptors (Lipinski definition) is 11. The smallest absolute Gasteiger partial charge is 0.242 e. The fourth-order valence-electron chi connectivity index (χ4n) is 3.17. The molecule has 1 unspecified atom stereocenters. The second-order valence-corrected chi connectivity index (χ2v) is 10.0. The number of benzene rings is 1. The number of sulfonamides is 2. The zero-order valence-electron chi connectivity index (χ0n) is 15.8. The van der Waals surface area contributed by atoms with Crippen LogP contribution in [0.2, 0.25) is 0 Å². The summed E-state index contributed by atoms with van der Waals surface area (Å²) in [6, 6.07) is 2.43. The highest BCUT2D eigenvalue weighted by Crippen LogP contribution is 2.39. The molecular formula is C14H23N9O5S2. The van der Waals surface area contributed by atoms with Gasteiger partial charge in [0.05, 0.1) is 11.7 Å². The van der Waals surface area contributed by atoms with E-state index in [2.05, 4.69) is 25.3 Å². The Bertz CT molecular complexity index is 1110. The van der Waals surface area contributed by atoms with Gasteiger partial charge in [0, 0.05) is 37.9 Å². The molecule has 0 amide bonds. The Balaban J connectivity index is 2.24. The Hall–Kier alpha value is -2.21. The highest BCUT2D eigenvalue weighted by molar-refractivity contribution is 7.92. The highest BCUT2D eigenvalue weighted by Gasteiger charge is 2.34. The predicted molar refractivity (Wildman–Crippen MR) is 106 cm³/mol. The summed E-state index contributed by atoms with van der Waals surface area (Å²) in [5, 5.41) is 28.3. The molecule has 1 aliphatic rings. The van der Waals surface area contributed by atoms with Gasteiger partial charge < -0.3 is 21.5 Å². The molecule has 1 aliphatic heterocycles. The fraction of sp³-hybridized carbons (Fsp3) is 0.500. The number of nitrogens with two attached hydrogens (primary N) is 3. The van der Waals surface area contributed by atoms with Gasteiger partial charge in [-0.25, -0.2) is 26.7 Å². The Kier molecular flexibility index (Phi) is 6.37. The van der Waals surface area contributed by atoms with Gasteiger partial charge in [-0.1, -0.05) is 0 Å². The number of aliphatic hydroxyl groups is 1. The number of hydrogen-bond donors (Lipinski definition) is 6. The van der Waals surface area contributed by atoms with Crippen LogP contribution in [0.1, 0.15) is 6.42 Å². The molecule has 1 fully saturated rings. The molecule has 2 atom stereocenters. The number of tetrazole rings is 1. The number of aliphatic hydroxyl groups excluding tert-OH is 1. The summed E-state index contributed by atoms with van der Waals surface area (Å²) in [5.74, 6) is -0.145. The highest BCUT2D eigenvalue weighted by atomic mass is 32.2. The van der Waals surface area contributed by atoms with Crippen LogP contribution in [0.4, 0.5) is 5.69 Å². The van der Waals surface area contributed by atoms with Gasteiger partial charge >= 0.3 is 0 Å². The average molecular weight is 462 g/mol. The zero-order chi connectivity index (χ0) is 22.1. The first-order chi connectivity index (χ1) is 14.0. The summed E-state index contributed by atoms with van der Waals surface area (Å²) in [7, 11) is -8.97. The number of H-pyrrole nitrogens is 1. The second-order valence-electron chi connectivity index (χ2n) is 6.80. The zero-order valence-corrected chi connectivity index (χ0v) is 17.4. The van der Waals surface area contributed by atoms with Gasteiger partial charge in [0.2, 0.25) is 25.9 Å². The molecular weight excluding hydrogens is 438 g/mol. The van der Waals surface area contributed by atoms with Crippen molar-refractivity contribution in [2.45, 2.75) is 28.4 Å². The third-order valence-electron chi connectivity index (χ3n) is 4.59. The van der Waals surface area contributed by atoms with Gasteiger partial charge in [-0.15, -0.1) is 10.2 Å². The van der Waals surface area contributed by atoms with Gasteiger partial charge in [-0.2, -0.15) is 5.21 Å². The third-order valence-corrected chi connectivity index (χ3v) is 7.18. The van der Waals surface area contributed by atoms with Crippen LogP contribution in [-0.2, 0) is 20.0 Å². The largest absolute Gasteiger partial charge is 0.390 e. The molecule has 3 rings (SSSR count). The predicted octanol–water partition coefficient (Wildman–Crippen LogP) is -3.35. The first kappa shape index (κ1) is 22.5. The molecule has 2 aromatic rings. The van der Waals surface area contributed by atoms with E-state index < -0.39 is 42.5 Å². The summed E-state index contributed by atoms with van der Waals surface area (Å²) in [6.07, 6.45) is -0.491. The lowest BCUT2D eigenvalue weighted by Crippen LogP contribution is -2.37. The monoisotopic (exact) mass is 461 g/mol. The van der Waals surface area contributed by atoms with Crippen LogP contribution in [0.3, 0.4) is 0 Å². The van der Waals surface area contributed by atoms with E-state index in [0.717, 1.165) is 6.07 Å². The third kappa shape index (κ3) is 4.59. The lowest BCUT2D eigenvalue weighted by molar-refractivity contribution is 0.186. The van der Waals surface area contributed by atoms with Crippen LogP contribution in [0.5, 0.6) is 0 Å². The maximum atomic E-state index is 12.8. The topological polar surface area (TPSA) is 236 Å². The standard InChI is InChI=1S/C14H23N9O5S2/c15-5-9(24)6-18-30(27,28)11-2-1-10(23-4-3-8(16)7-23)12(13(11)29(17,25)26)14-19-21-22-20-14/h1-2,8-9,18,24H,3-7,15-16H2,(H2,17,25,26)(H,19,20,21,22)/t8-,9?/m0/s1. The number of aromatic nitrogens is 4. The molecule has 30 heavy (non-hydrogen) atoms. The van der Waals surface area contributed by atoms with Crippen molar-refractivity contribution in [2.75, 3.05) is 31.1 Å². The summed E-state index contributed by atoms with van der Waals surface area (Å²) in [4.78, 5) is 0.505. The van der Waals surface area contributed by atoms with Crippen LogP contribution < -0.4 is 26.2 Å². The minimum absolute atomic E-state index is 0.109. The Morgan fingerprint density at radius 1 is 1.33 bits per heavy atom. The molecule has 0 radical (unpaired) electrons. The SMILES string of the molecule is NCC(O)CNS(=O)(=O)c1ccc(N2CC[C@H](N)C2)c(-c2nn[nH]n2)c1S(N)(=O)=O. The van der Waals surface area contributed by atoms with Crippen molar-refractivity contribution in [1.29, 1.82) is 0 Å². The van der Waals surface area contributed by atoms with Crippen LogP contribution in [-0.4, -0.2) is 80.9 Å². The van der Waals surface area contributed by atoms with Crippen molar-refractivity contribution in [3.8, 4) is 11.4 Å². The van der Waals surface area contributed by atoms with Gasteiger partial charge in [0.25, 0.3) is 0 Å². The number of primary sulfonamides is 1. The van der Waals surface area contributed by atoms with E-state index in [-0.39, 0.29) is 24.0 Å². The van der Waals surface area contributed by atoms with Crippen molar-refractivity contribution in [1.82, 2.24) is 25.3 Å². The molecule has 16 heteroatoms. The van der Waals surface area contributed by atoms with Crippen LogP contribution in [0.15, 0.2) is 21.9 Å². The molecule has 14 nitrogen and oxygen atoms in total. The van der Waals surface area contributed by atoms with Gasteiger partial charge in [-0.3, -0.25) is 0 Å². The molecule has 166 valence electrons. The van der Waals surface area contributed by atoms with Crippen LogP contribution in [0.25, 0.3) is 11.4 Å². The summed E-state index contributed by atoms with van der Waals surface area (Å²) in [6.45, 7) is 0.334. The Labute approximate surface area is 172 Å². The van der Waals surface area contributed by atoms with E-state index in [1.165, 1.54) is 6.07 Å². The van der Waals surface area contributed by atoms with Crippen molar-refractivity contribution >= 4 is 25.7 Å². The van der Waals surface area contributed by atoms with Crippen LogP contribution >= 0.6 is 0 Å². The number of anilines is 1. The lowest BCUT2D eigenvalue weighted by Gasteiger charge is -2.23. The summed E-state index contributed by atoms with van der Waals surface area (Å²) < 4.78 is 52.9. The molecule has 9 N–H and O–H groups in total. The normalized spacial score (nSPS) is 18.7. The molecule has 1 saturated heterocycles. The first-order valence-corrected chi connectivity index (χ1v) is 11.9. The van der Waals surface area contributed by atoms with E-state index in [1.807, 2.05) is 0 Å². The average Bonchev–Trinajstić information content (AvgIpc) is 3.36. The maximum Gasteiger partial charge on any atom is 0.242 e. The number of aromatic amines is 1. The fourth-order valence-corrected chi connectivity index (χ4v) is 5.83. The molecule has 2 heterocycles. The molecule has 0 saturated carbocycles. The second kappa shape index (κ2) is 8.50. The number of nitrogens with zero attached hydrogens (tertiary/aromatic N) is 4. The summed E-state index contributed by atoms with van der Waals surface area (Å²) in [5.41, 5.74) is 11.5. The Morgan fingerprint density at radius 3 is 2.60 bits per heavy atom. The quantitative estimate of drug-likeness (QED) is 0.227. The van der Waals surface area contributed by atoms with E-state index in [1.54, 1.807) is 4.90 Å². The molecule has 1 aromatic heterocycles. The number of nitrogens with one attached hydrogen (secondary N) is 2. The Morgan fingerprint density at radius 2 is 2.07 bits per heavy atom. The minimum Gasteiger partial charge on any atom is -0.390 e. The van der Waals surface area contributed by atoms with Crippen molar-refractivity contribution in [3.63, 3.8) is 0 Å². The van der Waals surface area contributed by atoms with Gasteiger partial charge in [0.1, 0.15) is 9.79 Å². The molecule has 1 aromatic carbocycles. The molecule has 0 aliphatic carbocycles. The van der Waals surface area contributed by atoms with Crippen molar-refractivity contribution in [3.05, 3.63) is 12.1 Å². The van der Waals surface area contributed by atoms with Crippen molar-refractivity contribution in [2.24, 2.45) is 16.6 Å². The maximum absolute atomic E-state index is 12.8.